The lowest BCUT2D eigenvalue weighted by Gasteiger charge is -2.32. The number of carbonyl (C=O) groups excluding carboxylic acids is 1. The van der Waals surface area contributed by atoms with Crippen LogP contribution in [0.2, 0.25) is 0 Å². The maximum Gasteiger partial charge on any atom is 0.260 e. The smallest absolute Gasteiger partial charge is 0.260 e. The molecule has 5 rings (SSSR count). The van der Waals surface area contributed by atoms with E-state index in [1.54, 1.807) is 33.7 Å². The Morgan fingerprint density at radius 2 is 1.91 bits per heavy atom. The van der Waals surface area contributed by atoms with Gasteiger partial charge in [0, 0.05) is 18.2 Å². The highest BCUT2D eigenvalue weighted by molar-refractivity contribution is 7.89. The lowest BCUT2D eigenvalue weighted by molar-refractivity contribution is 0.0983. The number of furan rings is 1. The van der Waals surface area contributed by atoms with Crippen molar-refractivity contribution in [3.63, 3.8) is 0 Å². The van der Waals surface area contributed by atoms with Crippen LogP contribution in [0.15, 0.2) is 76.2 Å². The van der Waals surface area contributed by atoms with Crippen molar-refractivity contribution < 1.29 is 17.6 Å². The Kier molecular flexibility index (Phi) is 6.24. The number of piperidine rings is 1. The summed E-state index contributed by atoms with van der Waals surface area (Å²) in [6.07, 6.45) is 4.33. The Hall–Kier alpha value is -3.01. The van der Waals surface area contributed by atoms with Crippen LogP contribution in [0.4, 0.5) is 5.13 Å². The van der Waals surface area contributed by atoms with Gasteiger partial charge in [-0.25, -0.2) is 13.4 Å². The van der Waals surface area contributed by atoms with Gasteiger partial charge in [0.15, 0.2) is 5.13 Å². The Bertz CT molecular complexity index is 1360. The second-order valence-electron chi connectivity index (χ2n) is 8.42. The van der Waals surface area contributed by atoms with E-state index in [1.165, 1.54) is 23.5 Å². The van der Waals surface area contributed by atoms with E-state index >= 15 is 0 Å². The summed E-state index contributed by atoms with van der Waals surface area (Å²) in [7, 11) is -3.60. The molecule has 34 heavy (non-hydrogen) atoms. The number of amides is 1. The van der Waals surface area contributed by atoms with Gasteiger partial charge in [0.1, 0.15) is 5.76 Å². The van der Waals surface area contributed by atoms with Gasteiger partial charge in [-0.15, -0.1) is 0 Å². The Morgan fingerprint density at radius 3 is 2.62 bits per heavy atom. The van der Waals surface area contributed by atoms with Crippen molar-refractivity contribution in [3.05, 3.63) is 78.3 Å². The number of carbonyl (C=O) groups is 1. The summed E-state index contributed by atoms with van der Waals surface area (Å²) in [5, 5.41) is 0.557. The molecule has 0 bridgehead atoms. The van der Waals surface area contributed by atoms with E-state index in [1.807, 2.05) is 37.3 Å². The van der Waals surface area contributed by atoms with Crippen LogP contribution in [0, 0.1) is 0 Å². The van der Waals surface area contributed by atoms with E-state index in [4.69, 9.17) is 4.42 Å². The van der Waals surface area contributed by atoms with Gasteiger partial charge in [-0.3, -0.25) is 9.69 Å². The lowest BCUT2D eigenvalue weighted by atomic mass is 10.1. The highest BCUT2D eigenvalue weighted by atomic mass is 32.2. The first-order chi connectivity index (χ1) is 16.4. The molecule has 1 aliphatic heterocycles. The fourth-order valence-electron chi connectivity index (χ4n) is 4.25. The van der Waals surface area contributed by atoms with Crippen molar-refractivity contribution in [1.29, 1.82) is 0 Å². The number of thiazole rings is 1. The molecule has 1 amide bonds. The molecule has 1 atom stereocenters. The van der Waals surface area contributed by atoms with Crippen molar-refractivity contribution in [3.8, 4) is 0 Å². The topological polar surface area (TPSA) is 83.7 Å². The van der Waals surface area contributed by atoms with Crippen molar-refractivity contribution in [1.82, 2.24) is 9.29 Å². The van der Waals surface area contributed by atoms with E-state index < -0.39 is 10.0 Å². The molecule has 7 nitrogen and oxygen atoms in total. The normalized spacial score (nSPS) is 17.1. The number of hydrogen-bond acceptors (Lipinski definition) is 6. The Morgan fingerprint density at radius 1 is 1.12 bits per heavy atom. The average molecular weight is 496 g/mol. The standard InChI is InChI=1S/C25H25N3O4S2/c1-18-7-4-5-15-28(18)34(30,31)21-13-11-19(12-14-21)24(29)27(17-20-8-6-16-32-20)25-26-22-9-2-3-10-23(22)33-25/h2-3,6,8-14,16,18H,4-5,7,15,17H2,1H3. The number of benzene rings is 2. The van der Waals surface area contributed by atoms with Crippen molar-refractivity contribution >= 4 is 42.6 Å². The SMILES string of the molecule is CC1CCCCN1S(=O)(=O)c1ccc(C(=O)N(Cc2ccco2)c2nc3ccccc3s2)cc1. The lowest BCUT2D eigenvalue weighted by Crippen LogP contribution is -2.41. The quantitative estimate of drug-likeness (QED) is 0.362. The van der Waals surface area contributed by atoms with Crippen molar-refractivity contribution in [2.24, 2.45) is 0 Å². The zero-order chi connectivity index (χ0) is 23.7. The maximum absolute atomic E-state index is 13.6. The minimum absolute atomic E-state index is 0.0251. The number of rotatable bonds is 6. The second kappa shape index (κ2) is 9.32. The monoisotopic (exact) mass is 495 g/mol. The van der Waals surface area contributed by atoms with E-state index in [9.17, 15) is 13.2 Å². The third kappa shape index (κ3) is 4.38. The largest absolute Gasteiger partial charge is 0.467 e. The van der Waals surface area contributed by atoms with Crippen LogP contribution in [0.1, 0.15) is 42.3 Å². The summed E-state index contributed by atoms with van der Waals surface area (Å²) in [5.41, 5.74) is 1.20. The number of sulfonamides is 1. The average Bonchev–Trinajstić information content (AvgIpc) is 3.52. The van der Waals surface area contributed by atoms with Gasteiger partial charge in [0.05, 0.1) is 27.9 Å². The van der Waals surface area contributed by atoms with Crippen LogP contribution < -0.4 is 4.90 Å². The second-order valence-corrected chi connectivity index (χ2v) is 11.3. The number of fused-ring (bicyclic) bond motifs is 1. The Balaban J connectivity index is 1.45. The van der Waals surface area contributed by atoms with Crippen LogP contribution in [0.25, 0.3) is 10.2 Å². The minimum atomic E-state index is -3.60. The van der Waals surface area contributed by atoms with Crippen LogP contribution >= 0.6 is 11.3 Å². The molecule has 0 saturated carbocycles. The molecule has 1 unspecified atom stereocenters. The molecule has 0 N–H and O–H groups in total. The number of aromatic nitrogens is 1. The molecule has 0 radical (unpaired) electrons. The van der Waals surface area contributed by atoms with E-state index in [2.05, 4.69) is 4.98 Å². The van der Waals surface area contributed by atoms with E-state index in [0.29, 0.717) is 23.0 Å². The molecule has 2 aromatic carbocycles. The highest BCUT2D eigenvalue weighted by Crippen LogP contribution is 2.31. The van der Waals surface area contributed by atoms with Crippen LogP contribution in [-0.2, 0) is 16.6 Å². The molecule has 3 heterocycles. The number of anilines is 1. The maximum atomic E-state index is 13.6. The summed E-state index contributed by atoms with van der Waals surface area (Å²) >= 11 is 1.43. The number of nitrogens with zero attached hydrogens (tertiary/aromatic N) is 3. The zero-order valence-corrected chi connectivity index (χ0v) is 20.4. The first-order valence-electron chi connectivity index (χ1n) is 11.3. The predicted molar refractivity (Wildman–Crippen MR) is 132 cm³/mol. The summed E-state index contributed by atoms with van der Waals surface area (Å²) in [4.78, 5) is 20.0. The molecule has 1 saturated heterocycles. The van der Waals surface area contributed by atoms with E-state index in [0.717, 1.165) is 29.5 Å². The minimum Gasteiger partial charge on any atom is -0.467 e. The summed E-state index contributed by atoms with van der Waals surface area (Å²) in [6.45, 7) is 2.69. The predicted octanol–water partition coefficient (Wildman–Crippen LogP) is 5.30. The van der Waals surface area contributed by atoms with Gasteiger partial charge in [0.2, 0.25) is 10.0 Å². The molecule has 2 aromatic heterocycles. The van der Waals surface area contributed by atoms with Crippen LogP contribution in [-0.4, -0.2) is 36.2 Å². The van der Waals surface area contributed by atoms with Gasteiger partial charge in [-0.05, 0) is 68.3 Å². The fraction of sp³-hybridized carbons (Fsp3) is 0.280. The molecule has 9 heteroatoms. The van der Waals surface area contributed by atoms with Crippen LogP contribution in [0.5, 0.6) is 0 Å². The van der Waals surface area contributed by atoms with Crippen molar-refractivity contribution in [2.45, 2.75) is 43.7 Å². The molecule has 0 spiro atoms. The fourth-order valence-corrected chi connectivity index (χ4v) is 6.91. The summed E-state index contributed by atoms with van der Waals surface area (Å²) in [5.74, 6) is 0.358. The molecule has 1 fully saturated rings. The summed E-state index contributed by atoms with van der Waals surface area (Å²) < 4.78 is 34.3. The summed E-state index contributed by atoms with van der Waals surface area (Å²) in [6, 6.07) is 17.5. The van der Waals surface area contributed by atoms with E-state index in [-0.39, 0.29) is 23.4 Å². The van der Waals surface area contributed by atoms with Gasteiger partial charge in [-0.2, -0.15) is 4.31 Å². The third-order valence-electron chi connectivity index (χ3n) is 6.10. The molecule has 4 aromatic rings. The van der Waals surface area contributed by atoms with Gasteiger partial charge >= 0.3 is 0 Å². The molecule has 176 valence electrons. The Labute approximate surface area is 202 Å². The van der Waals surface area contributed by atoms with Gasteiger partial charge in [-0.1, -0.05) is 29.9 Å². The number of para-hydroxylation sites is 1. The number of hydrogen-bond donors (Lipinski definition) is 0. The van der Waals surface area contributed by atoms with Gasteiger partial charge < -0.3 is 4.42 Å². The molecule has 0 aliphatic carbocycles. The third-order valence-corrected chi connectivity index (χ3v) is 9.19. The molecular weight excluding hydrogens is 470 g/mol. The highest BCUT2D eigenvalue weighted by Gasteiger charge is 2.31. The zero-order valence-electron chi connectivity index (χ0n) is 18.8. The first-order valence-corrected chi connectivity index (χ1v) is 13.5. The molecular formula is C25H25N3O4S2. The van der Waals surface area contributed by atoms with Gasteiger partial charge in [0.25, 0.3) is 5.91 Å². The van der Waals surface area contributed by atoms with Crippen molar-refractivity contribution in [2.75, 3.05) is 11.4 Å². The van der Waals surface area contributed by atoms with Crippen LogP contribution in [0.3, 0.4) is 0 Å². The molecule has 1 aliphatic rings. The first kappa shape index (κ1) is 22.8.